The minimum Gasteiger partial charge on any atom is -0.342 e. The summed E-state index contributed by atoms with van der Waals surface area (Å²) in [5.74, 6) is 0.920. The minimum absolute atomic E-state index is 0.000650. The van der Waals surface area contributed by atoms with Gasteiger partial charge in [-0.15, -0.1) is 0 Å². The Morgan fingerprint density at radius 1 is 1.15 bits per heavy atom. The average molecular weight is 371 g/mol. The van der Waals surface area contributed by atoms with E-state index in [-0.39, 0.29) is 17.4 Å². The molecule has 1 aromatic carbocycles. The summed E-state index contributed by atoms with van der Waals surface area (Å²) in [7, 11) is 0. The quantitative estimate of drug-likeness (QED) is 0.870. The van der Waals surface area contributed by atoms with Crippen LogP contribution in [0.4, 0.5) is 4.79 Å². The predicted molar refractivity (Wildman–Crippen MR) is 106 cm³/mol. The van der Waals surface area contributed by atoms with Crippen molar-refractivity contribution in [2.45, 2.75) is 34.1 Å². The molecule has 0 bridgehead atoms. The standard InChI is InChI=1S/C20H29N5O2/c1-5-17-22-15-7-6-14(12-16(15)23-17)18(26)24-8-10-25(11-9-24)19(27)21-13-20(2,3)4/h6-7,12H,5,8-11,13H2,1-4H3,(H,21,27)(H,22,23). The first-order chi connectivity index (χ1) is 12.8. The smallest absolute Gasteiger partial charge is 0.317 e. The van der Waals surface area contributed by atoms with Crippen molar-refractivity contribution in [3.63, 3.8) is 0 Å². The third-order valence-electron chi connectivity index (χ3n) is 4.74. The van der Waals surface area contributed by atoms with Crippen molar-refractivity contribution in [3.8, 4) is 0 Å². The van der Waals surface area contributed by atoms with Crippen LogP contribution in [-0.2, 0) is 6.42 Å². The van der Waals surface area contributed by atoms with Gasteiger partial charge in [0.25, 0.3) is 5.91 Å². The van der Waals surface area contributed by atoms with Crippen LogP contribution >= 0.6 is 0 Å². The number of aryl methyl sites for hydroxylation is 1. The van der Waals surface area contributed by atoms with Gasteiger partial charge in [0.2, 0.25) is 0 Å². The van der Waals surface area contributed by atoms with Gasteiger partial charge in [-0.05, 0) is 23.6 Å². The Balaban J connectivity index is 1.59. The number of rotatable bonds is 3. The highest BCUT2D eigenvalue weighted by atomic mass is 16.2. The Hall–Kier alpha value is -2.57. The maximum absolute atomic E-state index is 12.8. The summed E-state index contributed by atoms with van der Waals surface area (Å²) in [6.45, 7) is 11.1. The molecular weight excluding hydrogens is 342 g/mol. The van der Waals surface area contributed by atoms with Crippen LogP contribution in [0.25, 0.3) is 11.0 Å². The fraction of sp³-hybridized carbons (Fsp3) is 0.550. The number of carbonyl (C=O) groups excluding carboxylic acids is 2. The number of aromatic amines is 1. The van der Waals surface area contributed by atoms with Crippen LogP contribution in [0.5, 0.6) is 0 Å². The summed E-state index contributed by atoms with van der Waals surface area (Å²) < 4.78 is 0. The van der Waals surface area contributed by atoms with E-state index in [0.29, 0.717) is 38.3 Å². The van der Waals surface area contributed by atoms with Crippen LogP contribution in [0, 0.1) is 5.41 Å². The number of H-pyrrole nitrogens is 1. The van der Waals surface area contributed by atoms with Crippen molar-refractivity contribution in [1.82, 2.24) is 25.1 Å². The van der Waals surface area contributed by atoms with Crippen molar-refractivity contribution in [1.29, 1.82) is 0 Å². The number of carbonyl (C=O) groups is 2. The molecule has 0 saturated carbocycles. The monoisotopic (exact) mass is 371 g/mol. The molecule has 0 atom stereocenters. The van der Waals surface area contributed by atoms with Gasteiger partial charge in [0.15, 0.2) is 0 Å². The molecule has 2 aromatic rings. The Bertz CT molecular complexity index is 828. The van der Waals surface area contributed by atoms with Gasteiger partial charge in [0, 0.05) is 44.7 Å². The van der Waals surface area contributed by atoms with Crippen LogP contribution in [0.3, 0.4) is 0 Å². The van der Waals surface area contributed by atoms with Gasteiger partial charge < -0.3 is 20.1 Å². The molecule has 2 heterocycles. The van der Waals surface area contributed by atoms with E-state index in [2.05, 4.69) is 36.1 Å². The number of urea groups is 1. The number of hydrogen-bond donors (Lipinski definition) is 2. The van der Waals surface area contributed by atoms with Crippen LogP contribution in [0.2, 0.25) is 0 Å². The molecule has 0 aliphatic carbocycles. The highest BCUT2D eigenvalue weighted by Crippen LogP contribution is 2.17. The van der Waals surface area contributed by atoms with Gasteiger partial charge in [-0.2, -0.15) is 0 Å². The normalized spacial score (nSPS) is 15.3. The molecular formula is C20H29N5O2. The molecule has 1 fully saturated rings. The van der Waals surface area contributed by atoms with Crippen molar-refractivity contribution >= 4 is 23.0 Å². The lowest BCUT2D eigenvalue weighted by molar-refractivity contribution is 0.0664. The van der Waals surface area contributed by atoms with E-state index in [0.717, 1.165) is 23.3 Å². The molecule has 1 aliphatic heterocycles. The molecule has 0 unspecified atom stereocenters. The minimum atomic E-state index is -0.0528. The maximum atomic E-state index is 12.8. The van der Waals surface area contributed by atoms with Gasteiger partial charge in [-0.25, -0.2) is 9.78 Å². The lowest BCUT2D eigenvalue weighted by Crippen LogP contribution is -2.53. The lowest BCUT2D eigenvalue weighted by atomic mass is 9.97. The first kappa shape index (κ1) is 19.2. The number of nitrogens with one attached hydrogen (secondary N) is 2. The first-order valence-electron chi connectivity index (χ1n) is 9.57. The van der Waals surface area contributed by atoms with Crippen LogP contribution in [0.15, 0.2) is 18.2 Å². The second kappa shape index (κ2) is 7.58. The fourth-order valence-corrected chi connectivity index (χ4v) is 3.11. The van der Waals surface area contributed by atoms with Crippen molar-refractivity contribution in [2.75, 3.05) is 32.7 Å². The number of aromatic nitrogens is 2. The van der Waals surface area contributed by atoms with Gasteiger partial charge in [0.05, 0.1) is 11.0 Å². The third-order valence-corrected chi connectivity index (χ3v) is 4.74. The lowest BCUT2D eigenvalue weighted by Gasteiger charge is -2.35. The molecule has 1 aliphatic rings. The number of hydrogen-bond acceptors (Lipinski definition) is 3. The van der Waals surface area contributed by atoms with E-state index in [9.17, 15) is 9.59 Å². The van der Waals surface area contributed by atoms with E-state index in [1.807, 2.05) is 30.0 Å². The predicted octanol–water partition coefficient (Wildman–Crippen LogP) is 2.64. The molecule has 1 saturated heterocycles. The summed E-state index contributed by atoms with van der Waals surface area (Å²) in [5, 5.41) is 2.97. The van der Waals surface area contributed by atoms with Gasteiger partial charge >= 0.3 is 6.03 Å². The van der Waals surface area contributed by atoms with E-state index < -0.39 is 0 Å². The first-order valence-corrected chi connectivity index (χ1v) is 9.57. The summed E-state index contributed by atoms with van der Waals surface area (Å²) >= 11 is 0. The molecule has 146 valence electrons. The highest BCUT2D eigenvalue weighted by Gasteiger charge is 2.25. The zero-order valence-corrected chi connectivity index (χ0v) is 16.6. The number of imidazole rings is 1. The van der Waals surface area contributed by atoms with Crippen molar-refractivity contribution in [2.24, 2.45) is 5.41 Å². The summed E-state index contributed by atoms with van der Waals surface area (Å²) in [6.07, 6.45) is 0.831. The van der Waals surface area contributed by atoms with Crippen molar-refractivity contribution in [3.05, 3.63) is 29.6 Å². The van der Waals surface area contributed by atoms with E-state index in [4.69, 9.17) is 0 Å². The second-order valence-corrected chi connectivity index (χ2v) is 8.27. The molecule has 0 spiro atoms. The molecule has 7 nitrogen and oxygen atoms in total. The molecule has 0 radical (unpaired) electrons. The number of fused-ring (bicyclic) bond motifs is 1. The van der Waals surface area contributed by atoms with Crippen LogP contribution in [0.1, 0.15) is 43.9 Å². The Kier molecular flexibility index (Phi) is 5.39. The molecule has 1 aromatic heterocycles. The topological polar surface area (TPSA) is 81.3 Å². The molecule has 7 heteroatoms. The van der Waals surface area contributed by atoms with Crippen LogP contribution in [-0.4, -0.2) is 64.4 Å². The van der Waals surface area contributed by atoms with E-state index in [1.165, 1.54) is 0 Å². The summed E-state index contributed by atoms with van der Waals surface area (Å²) in [5.41, 5.74) is 2.47. The largest absolute Gasteiger partial charge is 0.342 e. The van der Waals surface area contributed by atoms with Crippen LogP contribution < -0.4 is 5.32 Å². The maximum Gasteiger partial charge on any atom is 0.317 e. The zero-order chi connectivity index (χ0) is 19.6. The zero-order valence-electron chi connectivity index (χ0n) is 16.6. The third kappa shape index (κ3) is 4.59. The fourth-order valence-electron chi connectivity index (χ4n) is 3.11. The highest BCUT2D eigenvalue weighted by molar-refractivity contribution is 5.97. The summed E-state index contributed by atoms with van der Waals surface area (Å²) in [4.78, 5) is 36.4. The number of piperazine rings is 1. The van der Waals surface area contributed by atoms with Gasteiger partial charge in [-0.3, -0.25) is 4.79 Å². The second-order valence-electron chi connectivity index (χ2n) is 8.27. The number of nitrogens with zero attached hydrogens (tertiary/aromatic N) is 3. The summed E-state index contributed by atoms with van der Waals surface area (Å²) in [6, 6.07) is 5.52. The average Bonchev–Trinajstić information content (AvgIpc) is 3.07. The van der Waals surface area contributed by atoms with E-state index >= 15 is 0 Å². The van der Waals surface area contributed by atoms with Gasteiger partial charge in [0.1, 0.15) is 5.82 Å². The van der Waals surface area contributed by atoms with Crippen molar-refractivity contribution < 1.29 is 9.59 Å². The Labute approximate surface area is 160 Å². The Morgan fingerprint density at radius 3 is 2.44 bits per heavy atom. The van der Waals surface area contributed by atoms with E-state index in [1.54, 1.807) is 4.90 Å². The molecule has 3 rings (SSSR count). The molecule has 27 heavy (non-hydrogen) atoms. The van der Waals surface area contributed by atoms with Gasteiger partial charge in [-0.1, -0.05) is 27.7 Å². The molecule has 2 N–H and O–H groups in total. The number of benzene rings is 1. The Morgan fingerprint density at radius 2 is 1.81 bits per heavy atom. The SMILES string of the molecule is CCc1nc2ccc(C(=O)N3CCN(C(=O)NCC(C)(C)C)CC3)cc2[nH]1. The number of amides is 3. The molecule has 3 amide bonds.